The number of hydrogen-bond acceptors (Lipinski definition) is 4. The van der Waals surface area contributed by atoms with Gasteiger partial charge in [-0.3, -0.25) is 9.59 Å². The maximum atomic E-state index is 13.0. The van der Waals surface area contributed by atoms with Gasteiger partial charge in [0.25, 0.3) is 5.91 Å². The van der Waals surface area contributed by atoms with Gasteiger partial charge in [-0.05, 0) is 30.7 Å². The molecule has 24 heavy (non-hydrogen) atoms. The highest BCUT2D eigenvalue weighted by Gasteiger charge is 2.26. The Labute approximate surface area is 137 Å². The first-order chi connectivity index (χ1) is 11.4. The van der Waals surface area contributed by atoms with Crippen LogP contribution in [-0.4, -0.2) is 51.2 Å². The Hall–Kier alpha value is -2.90. The van der Waals surface area contributed by atoms with Gasteiger partial charge in [-0.25, -0.2) is 9.07 Å². The van der Waals surface area contributed by atoms with Crippen molar-refractivity contribution < 1.29 is 19.1 Å². The number of piperidine rings is 1. The predicted octanol–water partition coefficient (Wildman–Crippen LogP) is 1.07. The molecule has 2 heterocycles. The lowest BCUT2D eigenvalue weighted by atomic mass is 10.1. The van der Waals surface area contributed by atoms with E-state index >= 15 is 0 Å². The van der Waals surface area contributed by atoms with Crippen molar-refractivity contribution in [2.45, 2.75) is 18.9 Å². The number of carbonyl (C=O) groups is 2. The Morgan fingerprint density at radius 3 is 2.75 bits per heavy atom. The molecule has 1 atom stereocenters. The zero-order valence-electron chi connectivity index (χ0n) is 13.1. The van der Waals surface area contributed by atoms with Crippen molar-refractivity contribution >= 4 is 11.8 Å². The Balaban J connectivity index is 1.74. The van der Waals surface area contributed by atoms with Crippen LogP contribution in [0.2, 0.25) is 0 Å². The van der Waals surface area contributed by atoms with Crippen molar-refractivity contribution in [1.29, 1.82) is 0 Å². The molecule has 0 radical (unpaired) electrons. The van der Waals surface area contributed by atoms with Gasteiger partial charge in [0.2, 0.25) is 5.91 Å². The van der Waals surface area contributed by atoms with Crippen molar-refractivity contribution in [3.8, 4) is 11.4 Å². The largest absolute Gasteiger partial charge is 0.504 e. The molecule has 0 spiro atoms. The summed E-state index contributed by atoms with van der Waals surface area (Å²) in [6, 6.07) is 5.33. The van der Waals surface area contributed by atoms with Gasteiger partial charge in [0.15, 0.2) is 11.4 Å². The fraction of sp³-hybridized carbons (Fsp3) is 0.312. The van der Waals surface area contributed by atoms with Crippen molar-refractivity contribution in [2.75, 3.05) is 13.6 Å². The van der Waals surface area contributed by atoms with Crippen LogP contribution in [0, 0.1) is 5.82 Å². The molecule has 7 nitrogen and oxygen atoms in total. The van der Waals surface area contributed by atoms with Gasteiger partial charge in [0.05, 0.1) is 11.9 Å². The monoisotopic (exact) mass is 332 g/mol. The molecule has 0 aliphatic carbocycles. The molecule has 2 N–H and O–H groups in total. The van der Waals surface area contributed by atoms with E-state index in [-0.39, 0.29) is 29.2 Å². The lowest BCUT2D eigenvalue weighted by molar-refractivity contribution is -0.132. The molecule has 3 rings (SSSR count). The lowest BCUT2D eigenvalue weighted by Crippen LogP contribution is -2.48. The van der Waals surface area contributed by atoms with Crippen LogP contribution in [0.4, 0.5) is 4.39 Å². The minimum atomic E-state index is -0.513. The smallest absolute Gasteiger partial charge is 0.275 e. The van der Waals surface area contributed by atoms with Crippen LogP contribution in [-0.2, 0) is 4.79 Å². The number of aromatic nitrogens is 2. The fourth-order valence-corrected chi connectivity index (χ4v) is 2.64. The molecule has 1 aliphatic rings. The van der Waals surface area contributed by atoms with Crippen LogP contribution in [0.1, 0.15) is 23.3 Å². The standard InChI is InChI=1S/C16H17FN4O3/c1-20-8-11(4-7-14(20)23)18-16(24)15-13(22)9-21(19-15)12-5-2-10(17)3-6-12/h2-3,5-6,9,11,22H,4,7-8H2,1H3,(H,18,24). The minimum absolute atomic E-state index is 0.0453. The van der Waals surface area contributed by atoms with Crippen LogP contribution in [0.3, 0.4) is 0 Å². The number of nitrogens with one attached hydrogen (secondary N) is 1. The van der Waals surface area contributed by atoms with Crippen LogP contribution < -0.4 is 5.32 Å². The van der Waals surface area contributed by atoms with Gasteiger partial charge in [-0.15, -0.1) is 0 Å². The van der Waals surface area contributed by atoms with Gasteiger partial charge in [-0.1, -0.05) is 0 Å². The van der Waals surface area contributed by atoms with Gasteiger partial charge in [0, 0.05) is 26.1 Å². The summed E-state index contributed by atoms with van der Waals surface area (Å²) in [5.74, 6) is -1.12. The molecular weight excluding hydrogens is 315 g/mol. The normalized spacial score (nSPS) is 17.8. The number of amides is 2. The molecule has 0 bridgehead atoms. The van der Waals surface area contributed by atoms with E-state index in [9.17, 15) is 19.1 Å². The molecule has 1 fully saturated rings. The number of hydrogen-bond donors (Lipinski definition) is 2. The minimum Gasteiger partial charge on any atom is -0.504 e. The number of halogens is 1. The van der Waals surface area contributed by atoms with E-state index in [0.29, 0.717) is 25.1 Å². The second kappa shape index (κ2) is 6.31. The maximum absolute atomic E-state index is 13.0. The van der Waals surface area contributed by atoms with E-state index in [1.54, 1.807) is 11.9 Å². The number of benzene rings is 1. The molecular formula is C16H17FN4O3. The molecule has 0 saturated carbocycles. The number of rotatable bonds is 3. The highest BCUT2D eigenvalue weighted by atomic mass is 19.1. The number of likely N-dealkylation sites (N-methyl/N-ethyl adjacent to an activating group) is 1. The molecule has 2 aromatic rings. The molecule has 2 amide bonds. The summed E-state index contributed by atoms with van der Waals surface area (Å²) in [5, 5.41) is 16.8. The molecule has 1 unspecified atom stereocenters. The van der Waals surface area contributed by atoms with E-state index < -0.39 is 5.91 Å². The van der Waals surface area contributed by atoms with Crippen molar-refractivity contribution in [2.24, 2.45) is 0 Å². The van der Waals surface area contributed by atoms with Crippen molar-refractivity contribution in [3.05, 3.63) is 42.0 Å². The topological polar surface area (TPSA) is 87.5 Å². The average molecular weight is 332 g/mol. The molecule has 1 aromatic carbocycles. The van der Waals surface area contributed by atoms with Gasteiger partial charge in [-0.2, -0.15) is 5.10 Å². The third-order valence-electron chi connectivity index (χ3n) is 3.96. The predicted molar refractivity (Wildman–Crippen MR) is 83.3 cm³/mol. The summed E-state index contributed by atoms with van der Waals surface area (Å²) in [7, 11) is 1.68. The van der Waals surface area contributed by atoms with E-state index in [1.807, 2.05) is 0 Å². The molecule has 1 aromatic heterocycles. The van der Waals surface area contributed by atoms with E-state index in [0.717, 1.165) is 0 Å². The second-order valence-electron chi connectivity index (χ2n) is 5.77. The number of aromatic hydroxyl groups is 1. The van der Waals surface area contributed by atoms with Gasteiger partial charge >= 0.3 is 0 Å². The highest BCUT2D eigenvalue weighted by molar-refractivity contribution is 5.95. The third-order valence-corrected chi connectivity index (χ3v) is 3.96. The van der Waals surface area contributed by atoms with Crippen LogP contribution in [0.5, 0.6) is 5.75 Å². The Morgan fingerprint density at radius 1 is 1.38 bits per heavy atom. The first kappa shape index (κ1) is 16.0. The first-order valence-electron chi connectivity index (χ1n) is 7.53. The number of carbonyl (C=O) groups excluding carboxylic acids is 2. The molecule has 126 valence electrons. The molecule has 1 saturated heterocycles. The number of likely N-dealkylation sites (tertiary alicyclic amines) is 1. The van der Waals surface area contributed by atoms with E-state index in [2.05, 4.69) is 10.4 Å². The number of nitrogens with zero attached hydrogens (tertiary/aromatic N) is 3. The highest BCUT2D eigenvalue weighted by Crippen LogP contribution is 2.19. The van der Waals surface area contributed by atoms with Crippen LogP contribution in [0.25, 0.3) is 5.69 Å². The molecule has 8 heteroatoms. The van der Waals surface area contributed by atoms with E-state index in [1.165, 1.54) is 35.1 Å². The van der Waals surface area contributed by atoms with Crippen molar-refractivity contribution in [1.82, 2.24) is 20.0 Å². The van der Waals surface area contributed by atoms with Crippen LogP contribution in [0.15, 0.2) is 30.5 Å². The summed E-state index contributed by atoms with van der Waals surface area (Å²) < 4.78 is 14.3. The summed E-state index contributed by atoms with van der Waals surface area (Å²) >= 11 is 0. The van der Waals surface area contributed by atoms with Crippen molar-refractivity contribution in [3.63, 3.8) is 0 Å². The quantitative estimate of drug-likeness (QED) is 0.880. The zero-order chi connectivity index (χ0) is 17.3. The fourth-order valence-electron chi connectivity index (χ4n) is 2.64. The Morgan fingerprint density at radius 2 is 2.08 bits per heavy atom. The van der Waals surface area contributed by atoms with Gasteiger partial charge < -0.3 is 15.3 Å². The Kier molecular flexibility index (Phi) is 4.20. The second-order valence-corrected chi connectivity index (χ2v) is 5.77. The zero-order valence-corrected chi connectivity index (χ0v) is 13.1. The summed E-state index contributed by atoms with van der Waals surface area (Å²) in [5.41, 5.74) is 0.410. The Bertz CT molecular complexity index is 772. The summed E-state index contributed by atoms with van der Waals surface area (Å²) in [6.07, 6.45) is 2.21. The summed E-state index contributed by atoms with van der Waals surface area (Å²) in [6.45, 7) is 0.421. The van der Waals surface area contributed by atoms with Gasteiger partial charge in [0.1, 0.15) is 5.82 Å². The average Bonchev–Trinajstić information content (AvgIpc) is 2.93. The third kappa shape index (κ3) is 3.22. The maximum Gasteiger partial charge on any atom is 0.275 e. The van der Waals surface area contributed by atoms with Crippen LogP contribution >= 0.6 is 0 Å². The molecule has 1 aliphatic heterocycles. The SMILES string of the molecule is CN1CC(NC(=O)c2nn(-c3ccc(F)cc3)cc2O)CCC1=O. The summed E-state index contributed by atoms with van der Waals surface area (Å²) in [4.78, 5) is 25.3. The van der Waals surface area contributed by atoms with E-state index in [4.69, 9.17) is 0 Å². The first-order valence-corrected chi connectivity index (χ1v) is 7.53. The lowest BCUT2D eigenvalue weighted by Gasteiger charge is -2.29.